The van der Waals surface area contributed by atoms with E-state index >= 15 is 0 Å². The molecule has 90 valence electrons. The van der Waals surface area contributed by atoms with Crippen LogP contribution < -0.4 is 0 Å². The van der Waals surface area contributed by atoms with Crippen molar-refractivity contribution in [2.75, 3.05) is 0 Å². The van der Waals surface area contributed by atoms with Crippen molar-refractivity contribution in [2.45, 2.75) is 32.6 Å². The topological polar surface area (TPSA) is 54.6 Å². The Morgan fingerprint density at radius 1 is 1.41 bits per heavy atom. The molecule has 1 N–H and O–H groups in total. The molecule has 0 radical (unpaired) electrons. The number of aromatic nitrogens is 2. The fourth-order valence-corrected chi connectivity index (χ4v) is 1.90. The summed E-state index contributed by atoms with van der Waals surface area (Å²) < 4.78 is 1.97. The summed E-state index contributed by atoms with van der Waals surface area (Å²) in [6, 6.07) is 5.73. The lowest BCUT2D eigenvalue weighted by Crippen LogP contribution is -2.15. The normalized spacial score (nSPS) is 11.9. The van der Waals surface area contributed by atoms with E-state index < -0.39 is 5.97 Å². The first kappa shape index (κ1) is 11.6. The summed E-state index contributed by atoms with van der Waals surface area (Å²) >= 11 is 0. The first-order valence-corrected chi connectivity index (χ1v) is 5.58. The van der Waals surface area contributed by atoms with E-state index in [0.29, 0.717) is 5.69 Å². The van der Waals surface area contributed by atoms with Crippen molar-refractivity contribution in [1.29, 1.82) is 0 Å². The van der Waals surface area contributed by atoms with Crippen LogP contribution in [0.1, 0.15) is 32.3 Å². The van der Waals surface area contributed by atoms with Gasteiger partial charge in [0.15, 0.2) is 0 Å². The summed E-state index contributed by atoms with van der Waals surface area (Å²) in [7, 11) is 0. The molecule has 2 aromatic heterocycles. The second kappa shape index (κ2) is 3.87. The standard InChI is InChI=1S/C13H16N2O2/c1-13(2,3)12-14-9(8-11(16)17)10-6-4-5-7-15(10)12/h4-7H,8H2,1-3H3,(H,16,17). The van der Waals surface area contributed by atoms with Crippen molar-refractivity contribution in [3.8, 4) is 0 Å². The zero-order valence-corrected chi connectivity index (χ0v) is 10.3. The molecule has 0 saturated carbocycles. The smallest absolute Gasteiger partial charge is 0.309 e. The SMILES string of the molecule is CC(C)(C)c1nc(CC(=O)O)c2ccccn12. The summed E-state index contributed by atoms with van der Waals surface area (Å²) in [6.45, 7) is 6.21. The van der Waals surface area contributed by atoms with E-state index in [1.165, 1.54) is 0 Å². The van der Waals surface area contributed by atoms with Gasteiger partial charge in [-0.1, -0.05) is 26.8 Å². The number of hydrogen-bond donors (Lipinski definition) is 1. The predicted molar refractivity (Wildman–Crippen MR) is 65.2 cm³/mol. The van der Waals surface area contributed by atoms with Gasteiger partial charge in [-0.2, -0.15) is 0 Å². The van der Waals surface area contributed by atoms with Gasteiger partial charge in [0.05, 0.1) is 17.6 Å². The molecule has 0 aliphatic rings. The van der Waals surface area contributed by atoms with E-state index in [9.17, 15) is 4.79 Å². The lowest BCUT2D eigenvalue weighted by atomic mass is 9.96. The summed E-state index contributed by atoms with van der Waals surface area (Å²) in [4.78, 5) is 15.3. The average molecular weight is 232 g/mol. The van der Waals surface area contributed by atoms with Crippen LogP contribution in [0.4, 0.5) is 0 Å². The number of pyridine rings is 1. The average Bonchev–Trinajstić information content (AvgIpc) is 2.56. The summed E-state index contributed by atoms with van der Waals surface area (Å²) in [6.07, 6.45) is 1.89. The van der Waals surface area contributed by atoms with E-state index in [0.717, 1.165) is 11.3 Å². The van der Waals surface area contributed by atoms with Gasteiger partial charge in [-0.15, -0.1) is 0 Å². The van der Waals surface area contributed by atoms with Crippen molar-refractivity contribution in [2.24, 2.45) is 0 Å². The maximum absolute atomic E-state index is 10.8. The Morgan fingerprint density at radius 2 is 2.12 bits per heavy atom. The molecule has 0 fully saturated rings. The zero-order valence-electron chi connectivity index (χ0n) is 10.3. The highest BCUT2D eigenvalue weighted by Crippen LogP contribution is 2.24. The molecular weight excluding hydrogens is 216 g/mol. The molecule has 0 saturated heterocycles. The first-order chi connectivity index (χ1) is 7.89. The van der Waals surface area contributed by atoms with Gasteiger partial charge in [0.2, 0.25) is 0 Å². The maximum atomic E-state index is 10.8. The molecule has 4 heteroatoms. The van der Waals surface area contributed by atoms with Crippen LogP contribution in [0.2, 0.25) is 0 Å². The number of aliphatic carboxylic acids is 1. The number of carboxylic acids is 1. The van der Waals surface area contributed by atoms with Crippen LogP contribution in [-0.2, 0) is 16.6 Å². The van der Waals surface area contributed by atoms with Gasteiger partial charge in [-0.25, -0.2) is 4.98 Å². The van der Waals surface area contributed by atoms with Crippen LogP contribution in [0.25, 0.3) is 5.52 Å². The third-order valence-electron chi connectivity index (χ3n) is 2.61. The van der Waals surface area contributed by atoms with Gasteiger partial charge >= 0.3 is 5.97 Å². The number of fused-ring (bicyclic) bond motifs is 1. The Kier molecular flexibility index (Phi) is 2.65. The number of nitrogens with zero attached hydrogens (tertiary/aromatic N) is 2. The highest BCUT2D eigenvalue weighted by Gasteiger charge is 2.22. The Hall–Kier alpha value is -1.84. The van der Waals surface area contributed by atoms with Gasteiger partial charge in [-0.05, 0) is 12.1 Å². The lowest BCUT2D eigenvalue weighted by molar-refractivity contribution is -0.136. The molecule has 17 heavy (non-hydrogen) atoms. The Bertz CT molecular complexity index is 564. The molecule has 0 atom stereocenters. The second-order valence-electron chi connectivity index (χ2n) is 5.16. The maximum Gasteiger partial charge on any atom is 0.309 e. The monoisotopic (exact) mass is 232 g/mol. The molecular formula is C13H16N2O2. The van der Waals surface area contributed by atoms with E-state index in [2.05, 4.69) is 25.8 Å². The number of carboxylic acid groups (broad SMARTS) is 1. The fourth-order valence-electron chi connectivity index (χ4n) is 1.90. The van der Waals surface area contributed by atoms with Gasteiger partial charge in [0.25, 0.3) is 0 Å². The Balaban J connectivity index is 2.67. The van der Waals surface area contributed by atoms with Crippen LogP contribution in [0.15, 0.2) is 24.4 Å². The van der Waals surface area contributed by atoms with E-state index in [1.807, 2.05) is 28.8 Å². The number of imidazole rings is 1. The van der Waals surface area contributed by atoms with Crippen molar-refractivity contribution >= 4 is 11.5 Å². The van der Waals surface area contributed by atoms with Crippen molar-refractivity contribution in [1.82, 2.24) is 9.38 Å². The predicted octanol–water partition coefficient (Wildman–Crippen LogP) is 2.26. The Morgan fingerprint density at radius 3 is 2.71 bits per heavy atom. The van der Waals surface area contributed by atoms with Gasteiger partial charge in [0, 0.05) is 11.6 Å². The van der Waals surface area contributed by atoms with Crippen LogP contribution >= 0.6 is 0 Å². The quantitative estimate of drug-likeness (QED) is 0.864. The zero-order chi connectivity index (χ0) is 12.6. The second-order valence-corrected chi connectivity index (χ2v) is 5.16. The summed E-state index contributed by atoms with van der Waals surface area (Å²) in [5.74, 6) is 0.0404. The molecule has 0 unspecified atom stereocenters. The molecule has 0 aromatic carbocycles. The van der Waals surface area contributed by atoms with E-state index in [-0.39, 0.29) is 11.8 Å². The molecule has 0 spiro atoms. The fraction of sp³-hybridized carbons (Fsp3) is 0.385. The van der Waals surface area contributed by atoms with Gasteiger partial charge < -0.3 is 9.51 Å². The molecule has 0 aliphatic carbocycles. The first-order valence-electron chi connectivity index (χ1n) is 5.58. The van der Waals surface area contributed by atoms with E-state index in [4.69, 9.17) is 5.11 Å². The van der Waals surface area contributed by atoms with Crippen molar-refractivity contribution in [3.63, 3.8) is 0 Å². The van der Waals surface area contributed by atoms with Crippen LogP contribution in [0.5, 0.6) is 0 Å². The largest absolute Gasteiger partial charge is 0.481 e. The lowest BCUT2D eigenvalue weighted by Gasteiger charge is -2.16. The van der Waals surface area contributed by atoms with Crippen molar-refractivity contribution in [3.05, 3.63) is 35.9 Å². The molecule has 2 rings (SSSR count). The third-order valence-corrected chi connectivity index (χ3v) is 2.61. The highest BCUT2D eigenvalue weighted by molar-refractivity contribution is 5.73. The molecule has 0 bridgehead atoms. The molecule has 4 nitrogen and oxygen atoms in total. The van der Waals surface area contributed by atoms with Gasteiger partial charge in [-0.3, -0.25) is 4.79 Å². The third kappa shape index (κ3) is 2.16. The molecule has 0 aliphatic heterocycles. The Labute approximate surface area is 99.9 Å². The van der Waals surface area contributed by atoms with Gasteiger partial charge in [0.1, 0.15) is 5.82 Å². The van der Waals surface area contributed by atoms with Crippen LogP contribution in [-0.4, -0.2) is 20.5 Å². The number of rotatable bonds is 2. The minimum Gasteiger partial charge on any atom is -0.481 e. The molecule has 2 heterocycles. The molecule has 0 amide bonds. The number of hydrogen-bond acceptors (Lipinski definition) is 2. The highest BCUT2D eigenvalue weighted by atomic mass is 16.4. The number of carbonyl (C=O) groups is 1. The van der Waals surface area contributed by atoms with Crippen LogP contribution in [0, 0.1) is 0 Å². The van der Waals surface area contributed by atoms with Crippen LogP contribution in [0.3, 0.4) is 0 Å². The van der Waals surface area contributed by atoms with Crippen molar-refractivity contribution < 1.29 is 9.90 Å². The molecule has 2 aromatic rings. The summed E-state index contributed by atoms with van der Waals surface area (Å²) in [5.41, 5.74) is 1.39. The van der Waals surface area contributed by atoms with E-state index in [1.54, 1.807) is 0 Å². The minimum atomic E-state index is -0.852. The minimum absolute atomic E-state index is 0.0381. The summed E-state index contributed by atoms with van der Waals surface area (Å²) in [5, 5.41) is 8.89.